The summed E-state index contributed by atoms with van der Waals surface area (Å²) in [6.07, 6.45) is 4.31. The molecule has 0 radical (unpaired) electrons. The molecule has 0 aromatic carbocycles. The van der Waals surface area contributed by atoms with Crippen molar-refractivity contribution in [1.29, 1.82) is 0 Å². The minimum absolute atomic E-state index is 0.0565. The number of ether oxygens (including phenoxy) is 1. The summed E-state index contributed by atoms with van der Waals surface area (Å²) in [7, 11) is 1.67. The Morgan fingerprint density at radius 3 is 2.40 bits per heavy atom. The molecule has 20 heavy (non-hydrogen) atoms. The Morgan fingerprint density at radius 2 is 2.00 bits per heavy atom. The molecule has 114 valence electrons. The van der Waals surface area contributed by atoms with Gasteiger partial charge >= 0.3 is 5.97 Å². The first-order chi connectivity index (χ1) is 9.24. The molecule has 6 heteroatoms. The first kappa shape index (κ1) is 16.3. The summed E-state index contributed by atoms with van der Waals surface area (Å²) in [5.74, 6) is -0.732. The highest BCUT2D eigenvalue weighted by molar-refractivity contribution is 5.94. The number of hydrogen-bond donors (Lipinski definition) is 2. The molecular weight excluding hydrogens is 258 g/mol. The lowest BCUT2D eigenvalue weighted by atomic mass is 9.91. The summed E-state index contributed by atoms with van der Waals surface area (Å²) in [6.45, 7) is 5.35. The normalized spacial score (nSPS) is 16.3. The van der Waals surface area contributed by atoms with Crippen molar-refractivity contribution in [3.05, 3.63) is 11.9 Å². The van der Waals surface area contributed by atoms with Crippen LogP contribution in [-0.4, -0.2) is 42.0 Å². The lowest BCUT2D eigenvalue weighted by Crippen LogP contribution is -2.49. The Labute approximate surface area is 120 Å². The van der Waals surface area contributed by atoms with Crippen LogP contribution < -0.4 is 11.1 Å². The highest BCUT2D eigenvalue weighted by Gasteiger charge is 2.32. The number of hydrogen-bond acceptors (Lipinski definition) is 5. The van der Waals surface area contributed by atoms with Gasteiger partial charge in [0.05, 0.1) is 0 Å². The van der Waals surface area contributed by atoms with Gasteiger partial charge in [-0.15, -0.1) is 0 Å². The van der Waals surface area contributed by atoms with Gasteiger partial charge in [-0.2, -0.15) is 0 Å². The van der Waals surface area contributed by atoms with Gasteiger partial charge < -0.3 is 20.7 Å². The van der Waals surface area contributed by atoms with Gasteiger partial charge in [-0.1, -0.05) is 0 Å². The van der Waals surface area contributed by atoms with Crippen molar-refractivity contribution in [2.45, 2.75) is 51.7 Å². The molecular formula is C14H25N3O3. The Morgan fingerprint density at radius 1 is 1.40 bits per heavy atom. The van der Waals surface area contributed by atoms with Crippen LogP contribution in [0.2, 0.25) is 0 Å². The first-order valence-corrected chi connectivity index (χ1v) is 6.90. The van der Waals surface area contributed by atoms with Gasteiger partial charge in [0.2, 0.25) is 0 Å². The Kier molecular flexibility index (Phi) is 5.42. The molecule has 1 aliphatic rings. The van der Waals surface area contributed by atoms with Crippen LogP contribution in [0, 0.1) is 0 Å². The number of esters is 1. The molecule has 0 bridgehead atoms. The molecule has 0 saturated heterocycles. The van der Waals surface area contributed by atoms with Crippen molar-refractivity contribution in [1.82, 2.24) is 10.2 Å². The molecule has 0 unspecified atom stereocenters. The van der Waals surface area contributed by atoms with Gasteiger partial charge in [-0.05, 0) is 40.0 Å². The zero-order valence-corrected chi connectivity index (χ0v) is 12.7. The van der Waals surface area contributed by atoms with Crippen LogP contribution >= 0.6 is 0 Å². The lowest BCUT2D eigenvalue weighted by Gasteiger charge is -2.37. The average molecular weight is 283 g/mol. The summed E-state index contributed by atoms with van der Waals surface area (Å²) < 4.78 is 5.27. The van der Waals surface area contributed by atoms with Crippen molar-refractivity contribution in [3.8, 4) is 0 Å². The second-order valence-corrected chi connectivity index (χ2v) is 5.99. The minimum Gasteiger partial charge on any atom is -0.459 e. The van der Waals surface area contributed by atoms with Crippen LogP contribution in [0.1, 0.15) is 40.0 Å². The smallest absolute Gasteiger partial charge is 0.326 e. The molecule has 1 aliphatic carbocycles. The molecule has 0 aromatic heterocycles. The number of carbonyl (C=O) groups excluding carboxylic acids is 2. The molecule has 3 N–H and O–H groups in total. The number of nitrogens with one attached hydrogen (secondary N) is 1. The van der Waals surface area contributed by atoms with E-state index in [1.807, 2.05) is 0 Å². The molecule has 6 nitrogen and oxygen atoms in total. The topological polar surface area (TPSA) is 84.7 Å². The predicted octanol–water partition coefficient (Wildman–Crippen LogP) is 0.729. The molecule has 0 heterocycles. The fourth-order valence-electron chi connectivity index (χ4n) is 1.96. The predicted molar refractivity (Wildman–Crippen MR) is 76.5 cm³/mol. The van der Waals surface area contributed by atoms with Crippen LogP contribution in [0.4, 0.5) is 0 Å². The van der Waals surface area contributed by atoms with Crippen LogP contribution in [0.5, 0.6) is 0 Å². The van der Waals surface area contributed by atoms with Crippen LogP contribution in [0.25, 0.3) is 0 Å². The van der Waals surface area contributed by atoms with E-state index < -0.39 is 11.6 Å². The molecule has 1 amide bonds. The van der Waals surface area contributed by atoms with Crippen molar-refractivity contribution < 1.29 is 14.3 Å². The van der Waals surface area contributed by atoms with E-state index >= 15 is 0 Å². The van der Waals surface area contributed by atoms with E-state index in [0.717, 1.165) is 19.3 Å². The average Bonchev–Trinajstić information content (AvgIpc) is 2.22. The molecule has 0 aromatic rings. The number of amides is 1. The van der Waals surface area contributed by atoms with E-state index in [1.165, 1.54) is 11.1 Å². The summed E-state index contributed by atoms with van der Waals surface area (Å²) in [5, 5.41) is 2.72. The van der Waals surface area contributed by atoms with Crippen molar-refractivity contribution in [3.63, 3.8) is 0 Å². The van der Waals surface area contributed by atoms with E-state index in [0.29, 0.717) is 0 Å². The number of carbonyl (C=O) groups is 2. The van der Waals surface area contributed by atoms with E-state index in [1.54, 1.807) is 27.8 Å². The fraction of sp³-hybridized carbons (Fsp3) is 0.714. The largest absolute Gasteiger partial charge is 0.459 e. The second kappa shape index (κ2) is 6.63. The van der Waals surface area contributed by atoms with Crippen molar-refractivity contribution in [2.24, 2.45) is 5.73 Å². The number of nitrogens with two attached hydrogens (primary N) is 1. The first-order valence-electron chi connectivity index (χ1n) is 6.90. The zero-order valence-electron chi connectivity index (χ0n) is 12.7. The van der Waals surface area contributed by atoms with Crippen LogP contribution in [-0.2, 0) is 14.3 Å². The molecule has 0 atom stereocenters. The zero-order chi connectivity index (χ0) is 15.3. The SMILES string of the molecule is CN/C=C(\N)C(=O)N(CC(=O)OC(C)(C)C)C1CCC1. The molecule has 1 saturated carbocycles. The van der Waals surface area contributed by atoms with E-state index in [-0.39, 0.29) is 24.2 Å². The summed E-state index contributed by atoms with van der Waals surface area (Å²) in [4.78, 5) is 25.7. The molecule has 1 fully saturated rings. The second-order valence-electron chi connectivity index (χ2n) is 5.99. The molecule has 0 spiro atoms. The van der Waals surface area contributed by atoms with Gasteiger partial charge in [0.1, 0.15) is 17.8 Å². The summed E-state index contributed by atoms with van der Waals surface area (Å²) in [5.41, 5.74) is 5.25. The third-order valence-corrected chi connectivity index (χ3v) is 3.04. The maximum atomic E-state index is 12.3. The van der Waals surface area contributed by atoms with Gasteiger partial charge in [0.25, 0.3) is 5.91 Å². The summed E-state index contributed by atoms with van der Waals surface area (Å²) in [6, 6.07) is 0.0822. The standard InChI is InChI=1S/C14H25N3O3/c1-14(2,3)20-12(18)9-17(10-6-5-7-10)13(19)11(15)8-16-4/h8,10,16H,5-7,9,15H2,1-4H3/b11-8-. The van der Waals surface area contributed by atoms with Crippen molar-refractivity contribution in [2.75, 3.05) is 13.6 Å². The molecule has 1 rings (SSSR count). The lowest BCUT2D eigenvalue weighted by molar-refractivity contribution is -0.160. The van der Waals surface area contributed by atoms with E-state index in [9.17, 15) is 9.59 Å². The quantitative estimate of drug-likeness (QED) is 0.574. The highest BCUT2D eigenvalue weighted by Crippen LogP contribution is 2.25. The van der Waals surface area contributed by atoms with Crippen molar-refractivity contribution >= 4 is 11.9 Å². The van der Waals surface area contributed by atoms with E-state index in [4.69, 9.17) is 10.5 Å². The fourth-order valence-corrected chi connectivity index (χ4v) is 1.96. The summed E-state index contributed by atoms with van der Waals surface area (Å²) >= 11 is 0. The maximum absolute atomic E-state index is 12.3. The maximum Gasteiger partial charge on any atom is 0.326 e. The third kappa shape index (κ3) is 4.75. The monoisotopic (exact) mass is 283 g/mol. The Hall–Kier alpha value is -1.72. The Balaban J connectivity index is 2.72. The van der Waals surface area contributed by atoms with Crippen LogP contribution in [0.3, 0.4) is 0 Å². The number of nitrogens with zero attached hydrogens (tertiary/aromatic N) is 1. The van der Waals surface area contributed by atoms with E-state index in [2.05, 4.69) is 5.32 Å². The Bertz CT molecular complexity index is 395. The van der Waals surface area contributed by atoms with Gasteiger partial charge in [-0.3, -0.25) is 9.59 Å². The van der Waals surface area contributed by atoms with Crippen LogP contribution in [0.15, 0.2) is 11.9 Å². The third-order valence-electron chi connectivity index (χ3n) is 3.04. The van der Waals surface area contributed by atoms with Gasteiger partial charge in [0.15, 0.2) is 0 Å². The van der Waals surface area contributed by atoms with Gasteiger partial charge in [-0.25, -0.2) is 0 Å². The molecule has 0 aliphatic heterocycles. The van der Waals surface area contributed by atoms with Gasteiger partial charge in [0, 0.05) is 19.3 Å². The highest BCUT2D eigenvalue weighted by atomic mass is 16.6. The minimum atomic E-state index is -0.558. The number of rotatable bonds is 5.